The Labute approximate surface area is 149 Å². The van der Waals surface area contributed by atoms with Gasteiger partial charge in [0.25, 0.3) is 0 Å². The number of aromatic nitrogens is 3. The lowest BCUT2D eigenvalue weighted by Crippen LogP contribution is -2.26. The fourth-order valence-corrected chi connectivity index (χ4v) is 3.24. The highest BCUT2D eigenvalue weighted by Crippen LogP contribution is 2.25. The molecule has 1 aliphatic rings. The molecule has 25 heavy (non-hydrogen) atoms. The van der Waals surface area contributed by atoms with Crippen LogP contribution in [0.5, 0.6) is 5.75 Å². The lowest BCUT2D eigenvalue weighted by Gasteiger charge is -2.24. The standard InChI is InChI=1S/C18H20N4O.C2H6/c1-21-8-7-16-14(12-21)9-19-18-17(16)10-20-22(18)11-13-3-5-15(23-2)6-4-13;1-2/h3-6,9-10H,7-8,11-12H2,1-2H3;1-2H3. The van der Waals surface area contributed by atoms with Crippen molar-refractivity contribution >= 4 is 11.0 Å². The molecule has 3 heterocycles. The van der Waals surface area contributed by atoms with Crippen molar-refractivity contribution < 1.29 is 4.74 Å². The van der Waals surface area contributed by atoms with Gasteiger partial charge < -0.3 is 9.64 Å². The molecule has 0 radical (unpaired) electrons. The first-order valence-electron chi connectivity index (χ1n) is 8.88. The number of methoxy groups -OCH3 is 1. The molecule has 5 nitrogen and oxygen atoms in total. The van der Waals surface area contributed by atoms with Crippen LogP contribution in [0.15, 0.2) is 36.7 Å². The molecule has 4 rings (SSSR count). The molecule has 3 aromatic rings. The van der Waals surface area contributed by atoms with Crippen molar-refractivity contribution in [2.75, 3.05) is 20.7 Å². The van der Waals surface area contributed by atoms with Crippen molar-refractivity contribution in [2.45, 2.75) is 33.4 Å². The number of nitrogens with zero attached hydrogens (tertiary/aromatic N) is 4. The van der Waals surface area contributed by atoms with Gasteiger partial charge in [0.2, 0.25) is 0 Å². The van der Waals surface area contributed by atoms with Gasteiger partial charge in [-0.1, -0.05) is 26.0 Å². The van der Waals surface area contributed by atoms with E-state index in [1.807, 2.05) is 43.1 Å². The Hall–Kier alpha value is -2.40. The maximum Gasteiger partial charge on any atom is 0.158 e. The lowest BCUT2D eigenvalue weighted by atomic mass is 10.00. The topological polar surface area (TPSA) is 43.2 Å². The molecular weight excluding hydrogens is 312 g/mol. The Balaban J connectivity index is 0.000000880. The second-order valence-electron chi connectivity index (χ2n) is 6.14. The number of hydrogen-bond acceptors (Lipinski definition) is 4. The molecule has 1 aromatic carbocycles. The van der Waals surface area contributed by atoms with Crippen LogP contribution in [-0.2, 0) is 19.5 Å². The summed E-state index contributed by atoms with van der Waals surface area (Å²) < 4.78 is 7.19. The summed E-state index contributed by atoms with van der Waals surface area (Å²) in [6.45, 7) is 6.79. The first-order valence-corrected chi connectivity index (χ1v) is 8.88. The third-order valence-electron chi connectivity index (χ3n) is 4.54. The maximum atomic E-state index is 5.21. The normalized spacial score (nSPS) is 13.9. The van der Waals surface area contributed by atoms with Crippen molar-refractivity contribution in [1.82, 2.24) is 19.7 Å². The molecule has 0 fully saturated rings. The number of pyridine rings is 1. The highest BCUT2D eigenvalue weighted by molar-refractivity contribution is 5.80. The molecule has 0 unspecified atom stereocenters. The monoisotopic (exact) mass is 338 g/mol. The van der Waals surface area contributed by atoms with E-state index in [9.17, 15) is 0 Å². The van der Waals surface area contributed by atoms with Gasteiger partial charge in [0, 0.05) is 24.7 Å². The van der Waals surface area contributed by atoms with E-state index in [2.05, 4.69) is 34.2 Å². The SMILES string of the molecule is CC.COc1ccc(Cn2ncc3c4c(cnc32)CN(C)CC4)cc1. The number of fused-ring (bicyclic) bond motifs is 3. The molecule has 132 valence electrons. The van der Waals surface area contributed by atoms with Crippen molar-refractivity contribution in [2.24, 2.45) is 0 Å². The number of likely N-dealkylation sites (N-methyl/N-ethyl adjacent to an activating group) is 1. The van der Waals surface area contributed by atoms with E-state index in [0.717, 1.165) is 37.5 Å². The van der Waals surface area contributed by atoms with Crippen LogP contribution >= 0.6 is 0 Å². The van der Waals surface area contributed by atoms with Crippen LogP contribution in [0.4, 0.5) is 0 Å². The van der Waals surface area contributed by atoms with Crippen molar-refractivity contribution in [1.29, 1.82) is 0 Å². The van der Waals surface area contributed by atoms with Gasteiger partial charge in [-0.25, -0.2) is 9.67 Å². The van der Waals surface area contributed by atoms with Gasteiger partial charge in [-0.2, -0.15) is 5.10 Å². The first-order chi connectivity index (χ1) is 12.2. The van der Waals surface area contributed by atoms with Crippen LogP contribution in [0.1, 0.15) is 30.5 Å². The zero-order valence-electron chi connectivity index (χ0n) is 15.5. The highest BCUT2D eigenvalue weighted by Gasteiger charge is 2.18. The Morgan fingerprint density at radius 1 is 1.12 bits per heavy atom. The summed E-state index contributed by atoms with van der Waals surface area (Å²) in [5.41, 5.74) is 4.91. The van der Waals surface area contributed by atoms with E-state index in [1.165, 1.54) is 22.1 Å². The number of benzene rings is 1. The number of ether oxygens (including phenoxy) is 1. The molecule has 0 saturated heterocycles. The van der Waals surface area contributed by atoms with Gasteiger partial charge in [-0.05, 0) is 42.3 Å². The highest BCUT2D eigenvalue weighted by atomic mass is 16.5. The van der Waals surface area contributed by atoms with Crippen LogP contribution < -0.4 is 4.74 Å². The molecule has 0 amide bonds. The van der Waals surface area contributed by atoms with E-state index in [1.54, 1.807) is 7.11 Å². The maximum absolute atomic E-state index is 5.21. The van der Waals surface area contributed by atoms with Crippen LogP contribution in [0.25, 0.3) is 11.0 Å². The largest absolute Gasteiger partial charge is 0.497 e. The van der Waals surface area contributed by atoms with Gasteiger partial charge in [-0.15, -0.1) is 0 Å². The summed E-state index contributed by atoms with van der Waals surface area (Å²) in [6.07, 6.45) is 5.05. The molecule has 0 N–H and O–H groups in total. The fourth-order valence-electron chi connectivity index (χ4n) is 3.24. The average molecular weight is 338 g/mol. The fraction of sp³-hybridized carbons (Fsp3) is 0.400. The van der Waals surface area contributed by atoms with Crippen molar-refractivity contribution in [3.8, 4) is 5.75 Å². The molecule has 0 atom stereocenters. The predicted molar refractivity (Wildman–Crippen MR) is 101 cm³/mol. The molecule has 1 aliphatic heterocycles. The molecular formula is C20H26N4O. The van der Waals surface area contributed by atoms with Crippen molar-refractivity contribution in [3.63, 3.8) is 0 Å². The smallest absolute Gasteiger partial charge is 0.158 e. The predicted octanol–water partition coefficient (Wildman–Crippen LogP) is 3.50. The quantitative estimate of drug-likeness (QED) is 0.733. The van der Waals surface area contributed by atoms with E-state index in [0.29, 0.717) is 0 Å². The van der Waals surface area contributed by atoms with Crippen LogP contribution in [0, 0.1) is 0 Å². The zero-order chi connectivity index (χ0) is 17.8. The van der Waals surface area contributed by atoms with Crippen LogP contribution in [0.3, 0.4) is 0 Å². The third-order valence-corrected chi connectivity index (χ3v) is 4.54. The summed E-state index contributed by atoms with van der Waals surface area (Å²) in [6, 6.07) is 8.09. The van der Waals surface area contributed by atoms with Crippen LogP contribution in [0.2, 0.25) is 0 Å². The first kappa shape index (κ1) is 17.4. The molecule has 0 saturated carbocycles. The zero-order valence-corrected chi connectivity index (χ0v) is 15.5. The number of rotatable bonds is 3. The van der Waals surface area contributed by atoms with Gasteiger partial charge >= 0.3 is 0 Å². The second-order valence-corrected chi connectivity index (χ2v) is 6.14. The minimum atomic E-state index is 0.721. The van der Waals surface area contributed by atoms with E-state index in [-0.39, 0.29) is 0 Å². The summed E-state index contributed by atoms with van der Waals surface area (Å²) in [5, 5.41) is 5.77. The molecule has 0 bridgehead atoms. The Kier molecular flexibility index (Phi) is 5.34. The van der Waals surface area contributed by atoms with E-state index >= 15 is 0 Å². The summed E-state index contributed by atoms with van der Waals surface area (Å²) in [7, 11) is 3.83. The molecule has 0 spiro atoms. The minimum Gasteiger partial charge on any atom is -0.497 e. The van der Waals surface area contributed by atoms with Crippen molar-refractivity contribution in [3.05, 3.63) is 53.3 Å². The van der Waals surface area contributed by atoms with E-state index < -0.39 is 0 Å². The summed E-state index contributed by atoms with van der Waals surface area (Å²) in [5.74, 6) is 0.871. The Morgan fingerprint density at radius 3 is 2.60 bits per heavy atom. The lowest BCUT2D eigenvalue weighted by molar-refractivity contribution is 0.313. The Morgan fingerprint density at radius 2 is 1.88 bits per heavy atom. The summed E-state index contributed by atoms with van der Waals surface area (Å²) >= 11 is 0. The summed E-state index contributed by atoms with van der Waals surface area (Å²) in [4.78, 5) is 7.00. The molecule has 2 aromatic heterocycles. The van der Waals surface area contributed by atoms with Gasteiger partial charge in [0.05, 0.1) is 19.9 Å². The Bertz CT molecular complexity index is 839. The molecule has 5 heteroatoms. The molecule has 0 aliphatic carbocycles. The van der Waals surface area contributed by atoms with Gasteiger partial charge in [0.15, 0.2) is 5.65 Å². The van der Waals surface area contributed by atoms with Gasteiger partial charge in [-0.3, -0.25) is 0 Å². The van der Waals surface area contributed by atoms with E-state index in [4.69, 9.17) is 4.74 Å². The average Bonchev–Trinajstić information content (AvgIpc) is 3.07. The third kappa shape index (κ3) is 3.51. The minimum absolute atomic E-state index is 0.721. The van der Waals surface area contributed by atoms with Gasteiger partial charge in [0.1, 0.15) is 5.75 Å². The second kappa shape index (κ2) is 7.66. The number of hydrogen-bond donors (Lipinski definition) is 0. The van der Waals surface area contributed by atoms with Crippen LogP contribution in [-0.4, -0.2) is 40.4 Å².